The van der Waals surface area contributed by atoms with Gasteiger partial charge in [0.1, 0.15) is 5.01 Å². The summed E-state index contributed by atoms with van der Waals surface area (Å²) in [7, 11) is 4.37. The lowest BCUT2D eigenvalue weighted by atomic mass is 10.0. The predicted octanol–water partition coefficient (Wildman–Crippen LogP) is -1.46. The molecule has 2 rings (SSSR count). The Morgan fingerprint density at radius 2 is 2.26 bits per heavy atom. The zero-order valence-electron chi connectivity index (χ0n) is 11.5. The SMILES string of the molecule is CN(Cc1nc(CC(=O)[O-])cs1)C1CC[NH+](C)CC1. The van der Waals surface area contributed by atoms with E-state index in [-0.39, 0.29) is 6.42 Å². The van der Waals surface area contributed by atoms with E-state index < -0.39 is 5.97 Å². The maximum Gasteiger partial charge on any atom is 0.107 e. The van der Waals surface area contributed by atoms with Gasteiger partial charge < -0.3 is 14.8 Å². The van der Waals surface area contributed by atoms with Gasteiger partial charge in [-0.25, -0.2) is 4.98 Å². The minimum Gasteiger partial charge on any atom is -0.550 e. The van der Waals surface area contributed by atoms with Crippen molar-refractivity contribution in [3.8, 4) is 0 Å². The number of hydrogen-bond acceptors (Lipinski definition) is 5. The standard InChI is InChI=1S/C13H21N3O2S/c1-15-5-3-11(4-6-15)16(2)8-12-14-10(9-19-12)7-13(17)18/h9,11H,3-8H2,1-2H3,(H,17,18). The Labute approximate surface area is 117 Å². The van der Waals surface area contributed by atoms with Crippen molar-refractivity contribution in [1.29, 1.82) is 0 Å². The second kappa shape index (κ2) is 6.45. The van der Waals surface area contributed by atoms with Gasteiger partial charge in [0, 0.05) is 36.7 Å². The van der Waals surface area contributed by atoms with Crippen LogP contribution in [-0.2, 0) is 17.8 Å². The number of aromatic nitrogens is 1. The summed E-state index contributed by atoms with van der Waals surface area (Å²) in [4.78, 5) is 18.8. The fourth-order valence-electron chi connectivity index (χ4n) is 2.53. The molecular weight excluding hydrogens is 262 g/mol. The summed E-state index contributed by atoms with van der Waals surface area (Å²) in [5.41, 5.74) is 0.612. The van der Waals surface area contributed by atoms with Crippen molar-refractivity contribution < 1.29 is 14.8 Å². The lowest BCUT2D eigenvalue weighted by Gasteiger charge is -2.32. The Morgan fingerprint density at radius 1 is 1.58 bits per heavy atom. The van der Waals surface area contributed by atoms with Crippen molar-refractivity contribution in [1.82, 2.24) is 9.88 Å². The summed E-state index contributed by atoms with van der Waals surface area (Å²) in [6, 6.07) is 0.622. The molecule has 1 N–H and O–H groups in total. The van der Waals surface area contributed by atoms with Crippen molar-refractivity contribution >= 4 is 17.3 Å². The summed E-state index contributed by atoms with van der Waals surface area (Å²) >= 11 is 1.54. The van der Waals surface area contributed by atoms with Crippen LogP contribution in [0.15, 0.2) is 5.38 Å². The first-order valence-electron chi connectivity index (χ1n) is 6.69. The predicted molar refractivity (Wildman–Crippen MR) is 71.9 cm³/mol. The molecule has 1 aromatic rings. The highest BCUT2D eigenvalue weighted by atomic mass is 32.1. The minimum absolute atomic E-state index is 0.0855. The van der Waals surface area contributed by atoms with Gasteiger partial charge in [-0.15, -0.1) is 11.3 Å². The van der Waals surface area contributed by atoms with Crippen LogP contribution in [0, 0.1) is 0 Å². The van der Waals surface area contributed by atoms with Crippen LogP contribution in [0.3, 0.4) is 0 Å². The zero-order chi connectivity index (χ0) is 13.8. The largest absolute Gasteiger partial charge is 0.550 e. The van der Waals surface area contributed by atoms with Gasteiger partial charge in [-0.1, -0.05) is 0 Å². The van der Waals surface area contributed by atoms with E-state index in [0.29, 0.717) is 11.7 Å². The summed E-state index contributed by atoms with van der Waals surface area (Å²) in [5.74, 6) is -1.07. The van der Waals surface area contributed by atoms with Crippen LogP contribution in [0.4, 0.5) is 0 Å². The Hall–Kier alpha value is -0.980. The average Bonchev–Trinajstić information content (AvgIpc) is 2.76. The molecule has 0 unspecified atom stereocenters. The molecule has 0 amide bonds. The van der Waals surface area contributed by atoms with Gasteiger partial charge in [0.25, 0.3) is 0 Å². The van der Waals surface area contributed by atoms with Gasteiger partial charge in [0.2, 0.25) is 0 Å². The molecule has 1 fully saturated rings. The van der Waals surface area contributed by atoms with E-state index in [0.717, 1.165) is 11.6 Å². The van der Waals surface area contributed by atoms with Crippen LogP contribution < -0.4 is 10.0 Å². The Morgan fingerprint density at radius 3 is 2.89 bits per heavy atom. The topological polar surface area (TPSA) is 60.7 Å². The Balaban J connectivity index is 1.86. The van der Waals surface area contributed by atoms with E-state index in [1.807, 2.05) is 5.38 Å². The van der Waals surface area contributed by atoms with Crippen molar-refractivity contribution in [2.75, 3.05) is 27.2 Å². The summed E-state index contributed by atoms with van der Waals surface area (Å²) in [5, 5.41) is 13.3. The molecule has 0 spiro atoms. The third kappa shape index (κ3) is 4.26. The number of carboxylic acid groups (broad SMARTS) is 1. The summed E-state index contributed by atoms with van der Waals surface area (Å²) < 4.78 is 0. The van der Waals surface area contributed by atoms with Gasteiger partial charge in [0.05, 0.1) is 32.4 Å². The van der Waals surface area contributed by atoms with Crippen LogP contribution in [0.25, 0.3) is 0 Å². The molecule has 19 heavy (non-hydrogen) atoms. The smallest absolute Gasteiger partial charge is 0.107 e. The molecule has 5 nitrogen and oxygen atoms in total. The monoisotopic (exact) mass is 283 g/mol. The number of nitrogens with zero attached hydrogens (tertiary/aromatic N) is 2. The van der Waals surface area contributed by atoms with Gasteiger partial charge >= 0.3 is 0 Å². The van der Waals surface area contributed by atoms with Crippen molar-refractivity contribution in [2.24, 2.45) is 0 Å². The summed E-state index contributed by atoms with van der Waals surface area (Å²) in [6.45, 7) is 3.26. The number of piperidine rings is 1. The first-order valence-corrected chi connectivity index (χ1v) is 7.57. The molecule has 0 atom stereocenters. The quantitative estimate of drug-likeness (QED) is 0.718. The number of carbonyl (C=O) groups is 1. The van der Waals surface area contributed by atoms with E-state index in [2.05, 4.69) is 24.0 Å². The van der Waals surface area contributed by atoms with Crippen LogP contribution in [0.1, 0.15) is 23.5 Å². The van der Waals surface area contributed by atoms with Crippen molar-refractivity contribution in [2.45, 2.75) is 31.8 Å². The van der Waals surface area contributed by atoms with Gasteiger partial charge in [-0.3, -0.25) is 4.90 Å². The Kier molecular flexibility index (Phi) is 4.90. The van der Waals surface area contributed by atoms with Crippen LogP contribution in [0.5, 0.6) is 0 Å². The van der Waals surface area contributed by atoms with Crippen LogP contribution >= 0.6 is 11.3 Å². The Bertz CT molecular complexity index is 427. The molecular formula is C13H21N3O2S. The molecule has 6 heteroatoms. The molecule has 2 heterocycles. The number of thiazole rings is 1. The normalized spacial score (nSPS) is 23.7. The minimum atomic E-state index is -1.07. The number of aliphatic carboxylic acids is 1. The van der Waals surface area contributed by atoms with Gasteiger partial charge in [0.15, 0.2) is 0 Å². The second-order valence-electron chi connectivity index (χ2n) is 5.38. The molecule has 0 radical (unpaired) electrons. The van der Waals surface area contributed by atoms with Crippen molar-refractivity contribution in [3.05, 3.63) is 16.1 Å². The van der Waals surface area contributed by atoms with E-state index >= 15 is 0 Å². The maximum atomic E-state index is 10.5. The highest BCUT2D eigenvalue weighted by Gasteiger charge is 2.23. The first kappa shape index (κ1) is 14.4. The molecule has 1 aromatic heterocycles. The number of quaternary nitrogens is 1. The van der Waals surface area contributed by atoms with Crippen LogP contribution in [-0.4, -0.2) is 49.1 Å². The number of hydrogen-bond donors (Lipinski definition) is 1. The second-order valence-corrected chi connectivity index (χ2v) is 6.33. The number of carboxylic acids is 1. The first-order chi connectivity index (χ1) is 9.04. The molecule has 1 saturated heterocycles. The van der Waals surface area contributed by atoms with Gasteiger partial charge in [-0.05, 0) is 7.05 Å². The summed E-state index contributed by atoms with van der Waals surface area (Å²) in [6.07, 6.45) is 2.36. The molecule has 0 aliphatic carbocycles. The lowest BCUT2D eigenvalue weighted by molar-refractivity contribution is -0.885. The highest BCUT2D eigenvalue weighted by Crippen LogP contribution is 2.16. The molecule has 1 aliphatic rings. The van der Waals surface area contributed by atoms with Gasteiger partial charge in [-0.2, -0.15) is 0 Å². The van der Waals surface area contributed by atoms with Crippen molar-refractivity contribution in [3.63, 3.8) is 0 Å². The van der Waals surface area contributed by atoms with E-state index in [1.165, 1.54) is 37.3 Å². The molecule has 0 aromatic carbocycles. The van der Waals surface area contributed by atoms with Crippen LogP contribution in [0.2, 0.25) is 0 Å². The van der Waals surface area contributed by atoms with E-state index in [1.54, 1.807) is 4.90 Å². The molecule has 0 bridgehead atoms. The van der Waals surface area contributed by atoms with E-state index in [9.17, 15) is 9.90 Å². The lowest BCUT2D eigenvalue weighted by Crippen LogP contribution is -3.10. The third-order valence-corrected chi connectivity index (χ3v) is 4.62. The third-order valence-electron chi connectivity index (χ3n) is 3.74. The number of nitrogens with one attached hydrogen (secondary N) is 1. The number of rotatable bonds is 5. The molecule has 106 valence electrons. The molecule has 1 aliphatic heterocycles. The molecule has 0 saturated carbocycles. The number of carbonyl (C=O) groups excluding carboxylic acids is 1. The number of likely N-dealkylation sites (tertiary alicyclic amines) is 1. The maximum absolute atomic E-state index is 10.5. The fourth-order valence-corrected chi connectivity index (χ4v) is 3.39. The zero-order valence-corrected chi connectivity index (χ0v) is 12.3. The fraction of sp³-hybridized carbons (Fsp3) is 0.692. The highest BCUT2D eigenvalue weighted by molar-refractivity contribution is 7.09. The average molecular weight is 283 g/mol. The van der Waals surface area contributed by atoms with E-state index in [4.69, 9.17) is 0 Å².